The van der Waals surface area contributed by atoms with Gasteiger partial charge in [-0.3, -0.25) is 9.78 Å². The maximum absolute atomic E-state index is 13.7. The van der Waals surface area contributed by atoms with Crippen LogP contribution >= 0.6 is 12.4 Å². The predicted octanol–water partition coefficient (Wildman–Crippen LogP) is 2.98. The summed E-state index contributed by atoms with van der Waals surface area (Å²) >= 11 is 0. The number of nitrogens with zero attached hydrogens (tertiary/aromatic N) is 3. The summed E-state index contributed by atoms with van der Waals surface area (Å²) in [6.45, 7) is 5.07. The monoisotopic (exact) mass is 474 g/mol. The van der Waals surface area contributed by atoms with Crippen molar-refractivity contribution in [3.8, 4) is 11.5 Å². The highest BCUT2D eigenvalue weighted by Crippen LogP contribution is 2.29. The van der Waals surface area contributed by atoms with Crippen molar-refractivity contribution in [3.63, 3.8) is 0 Å². The van der Waals surface area contributed by atoms with Crippen molar-refractivity contribution >= 4 is 23.3 Å². The van der Waals surface area contributed by atoms with Gasteiger partial charge in [0.2, 0.25) is 0 Å². The maximum Gasteiger partial charge on any atom is 0.251 e. The summed E-state index contributed by atoms with van der Waals surface area (Å²) in [5, 5.41) is 4.47. The fourth-order valence-corrected chi connectivity index (χ4v) is 4.43. The van der Waals surface area contributed by atoms with Crippen LogP contribution in [0, 0.1) is 5.82 Å². The van der Waals surface area contributed by atoms with Crippen molar-refractivity contribution in [2.45, 2.75) is 32.0 Å². The number of fused-ring (bicyclic) bond motifs is 2. The van der Waals surface area contributed by atoms with Gasteiger partial charge in [-0.2, -0.15) is 0 Å². The summed E-state index contributed by atoms with van der Waals surface area (Å²) in [7, 11) is 0. The van der Waals surface area contributed by atoms with E-state index in [1.807, 2.05) is 6.07 Å². The van der Waals surface area contributed by atoms with Gasteiger partial charge in [0.1, 0.15) is 19.0 Å². The Morgan fingerprint density at radius 3 is 2.61 bits per heavy atom. The number of likely N-dealkylation sites (tertiary alicyclic amines) is 1. The Morgan fingerprint density at radius 1 is 1.03 bits per heavy atom. The van der Waals surface area contributed by atoms with Gasteiger partial charge in [0.15, 0.2) is 11.5 Å². The smallest absolute Gasteiger partial charge is 0.251 e. The lowest BCUT2D eigenvalue weighted by Gasteiger charge is -2.32. The van der Waals surface area contributed by atoms with E-state index in [-0.39, 0.29) is 23.8 Å². The lowest BCUT2D eigenvalue weighted by molar-refractivity contribution is 0.170. The van der Waals surface area contributed by atoms with Gasteiger partial charge in [-0.25, -0.2) is 4.39 Å². The molecule has 1 saturated heterocycles. The molecule has 7 nitrogen and oxygen atoms in total. The van der Waals surface area contributed by atoms with Crippen LogP contribution in [0.1, 0.15) is 18.5 Å². The first-order chi connectivity index (χ1) is 15.7. The average Bonchev–Trinajstić information content (AvgIpc) is 2.82. The largest absolute Gasteiger partial charge is 0.486 e. The number of aromatic nitrogens is 2. The molecule has 5 rings (SSSR count). The van der Waals surface area contributed by atoms with Crippen molar-refractivity contribution < 1.29 is 13.9 Å². The number of halogens is 2. The molecule has 2 aromatic heterocycles. The van der Waals surface area contributed by atoms with E-state index in [2.05, 4.69) is 15.2 Å². The normalized spacial score (nSPS) is 16.5. The van der Waals surface area contributed by atoms with Crippen molar-refractivity contribution in [2.24, 2.45) is 0 Å². The molecule has 1 fully saturated rings. The summed E-state index contributed by atoms with van der Waals surface area (Å²) in [4.78, 5) is 19.2. The van der Waals surface area contributed by atoms with Crippen LogP contribution in [0.3, 0.4) is 0 Å². The number of ether oxygens (including phenoxy) is 2. The average molecular weight is 475 g/mol. The zero-order valence-corrected chi connectivity index (χ0v) is 19.2. The van der Waals surface area contributed by atoms with Crippen LogP contribution in [-0.4, -0.2) is 53.3 Å². The van der Waals surface area contributed by atoms with Gasteiger partial charge in [-0.05, 0) is 55.6 Å². The Balaban J connectivity index is 0.00000259. The second-order valence-electron chi connectivity index (χ2n) is 8.34. The van der Waals surface area contributed by atoms with Crippen LogP contribution < -0.4 is 20.3 Å². The number of nitrogens with one attached hydrogen (secondary N) is 1. The number of hydrogen-bond acceptors (Lipinski definition) is 6. The number of piperidine rings is 1. The lowest BCUT2D eigenvalue weighted by atomic mass is 10.0. The molecular formula is C24H28ClFN4O3. The van der Waals surface area contributed by atoms with Crippen LogP contribution in [0.15, 0.2) is 47.4 Å². The third-order valence-corrected chi connectivity index (χ3v) is 6.24. The van der Waals surface area contributed by atoms with Crippen LogP contribution in [-0.2, 0) is 13.1 Å². The van der Waals surface area contributed by atoms with Gasteiger partial charge in [0.05, 0.1) is 17.4 Å². The number of hydrogen-bond donors (Lipinski definition) is 1. The molecular weight excluding hydrogens is 447 g/mol. The van der Waals surface area contributed by atoms with E-state index in [9.17, 15) is 9.18 Å². The van der Waals surface area contributed by atoms with Gasteiger partial charge < -0.3 is 24.3 Å². The Labute approximate surface area is 197 Å². The van der Waals surface area contributed by atoms with Crippen LogP contribution in [0.4, 0.5) is 4.39 Å². The van der Waals surface area contributed by atoms with E-state index in [1.54, 1.807) is 29.0 Å². The predicted molar refractivity (Wildman–Crippen MR) is 127 cm³/mol. The highest BCUT2D eigenvalue weighted by molar-refractivity contribution is 5.85. The van der Waals surface area contributed by atoms with E-state index in [0.29, 0.717) is 43.6 Å². The SMILES string of the molecule is Cl.O=c1ccc2ccc(F)cc2n1CCN1CCC(NCc2cc3c(cn2)OCCO3)CC1. The Kier molecular flexibility index (Phi) is 7.47. The molecule has 3 aromatic rings. The Bertz CT molecular complexity index is 1160. The quantitative estimate of drug-likeness (QED) is 0.592. The molecule has 1 aromatic carbocycles. The molecule has 176 valence electrons. The molecule has 0 saturated carbocycles. The van der Waals surface area contributed by atoms with Crippen molar-refractivity contribution in [1.82, 2.24) is 19.8 Å². The molecule has 2 aliphatic rings. The van der Waals surface area contributed by atoms with E-state index in [1.165, 1.54) is 12.1 Å². The molecule has 4 heterocycles. The first-order valence-electron chi connectivity index (χ1n) is 11.1. The van der Waals surface area contributed by atoms with E-state index in [4.69, 9.17) is 9.47 Å². The van der Waals surface area contributed by atoms with Gasteiger partial charge in [-0.15, -0.1) is 12.4 Å². The van der Waals surface area contributed by atoms with E-state index < -0.39 is 0 Å². The third-order valence-electron chi connectivity index (χ3n) is 6.24. The van der Waals surface area contributed by atoms with Gasteiger partial charge in [0.25, 0.3) is 5.56 Å². The molecule has 9 heteroatoms. The zero-order valence-electron chi connectivity index (χ0n) is 18.3. The summed E-state index contributed by atoms with van der Waals surface area (Å²) in [5.74, 6) is 1.15. The highest BCUT2D eigenvalue weighted by atomic mass is 35.5. The minimum atomic E-state index is -0.323. The van der Waals surface area contributed by atoms with Crippen LogP contribution in [0.25, 0.3) is 10.9 Å². The Morgan fingerprint density at radius 2 is 1.79 bits per heavy atom. The molecule has 0 spiro atoms. The fraction of sp³-hybridized carbons (Fsp3) is 0.417. The minimum Gasteiger partial charge on any atom is -0.486 e. The molecule has 0 atom stereocenters. The molecule has 0 bridgehead atoms. The second-order valence-corrected chi connectivity index (χ2v) is 8.34. The first kappa shape index (κ1) is 23.5. The van der Waals surface area contributed by atoms with Gasteiger partial charge >= 0.3 is 0 Å². The molecule has 2 aliphatic heterocycles. The molecule has 0 amide bonds. The minimum absolute atomic E-state index is 0. The maximum atomic E-state index is 13.7. The topological polar surface area (TPSA) is 68.6 Å². The van der Waals surface area contributed by atoms with Crippen molar-refractivity contribution in [2.75, 3.05) is 32.8 Å². The summed E-state index contributed by atoms with van der Waals surface area (Å²) < 4.78 is 26.5. The van der Waals surface area contributed by atoms with E-state index >= 15 is 0 Å². The first-order valence-corrected chi connectivity index (χ1v) is 11.1. The van der Waals surface area contributed by atoms with Gasteiger partial charge in [-0.1, -0.05) is 0 Å². The number of rotatable bonds is 6. The zero-order chi connectivity index (χ0) is 21.9. The standard InChI is InChI=1S/C24H27FN4O3.ClH/c25-18-3-1-17-2-4-24(30)29(21(17)13-18)10-9-28-7-5-19(6-8-28)26-15-20-14-22-23(16-27-20)32-12-11-31-22;/h1-4,13-14,16,19,26H,5-12,15H2;1H. The fourth-order valence-electron chi connectivity index (χ4n) is 4.43. The molecule has 0 aliphatic carbocycles. The number of pyridine rings is 2. The third kappa shape index (κ3) is 5.46. The molecule has 0 unspecified atom stereocenters. The molecule has 33 heavy (non-hydrogen) atoms. The summed E-state index contributed by atoms with van der Waals surface area (Å²) in [5.41, 5.74) is 1.51. The van der Waals surface area contributed by atoms with Crippen LogP contribution in [0.2, 0.25) is 0 Å². The molecule has 1 N–H and O–H groups in total. The van der Waals surface area contributed by atoms with Crippen LogP contribution in [0.5, 0.6) is 11.5 Å². The summed E-state index contributed by atoms with van der Waals surface area (Å²) in [6.07, 6.45) is 3.79. The van der Waals surface area contributed by atoms with Crippen molar-refractivity contribution in [1.29, 1.82) is 0 Å². The number of benzene rings is 1. The molecule has 0 radical (unpaired) electrons. The second kappa shape index (κ2) is 10.5. The Hall–Kier alpha value is -2.68. The summed E-state index contributed by atoms with van der Waals surface area (Å²) in [6, 6.07) is 10.3. The van der Waals surface area contributed by atoms with Crippen molar-refractivity contribution in [3.05, 3.63) is 64.5 Å². The highest BCUT2D eigenvalue weighted by Gasteiger charge is 2.20. The van der Waals surface area contributed by atoms with Gasteiger partial charge in [0, 0.05) is 37.8 Å². The van der Waals surface area contributed by atoms with E-state index in [0.717, 1.165) is 49.3 Å². The lowest BCUT2D eigenvalue weighted by Crippen LogP contribution is -2.43.